The molecule has 0 amide bonds. The van der Waals surface area contributed by atoms with E-state index >= 15 is 0 Å². The fourth-order valence-electron chi connectivity index (χ4n) is 8.65. The van der Waals surface area contributed by atoms with E-state index < -0.39 is 24.2 Å². The molecule has 2 saturated carbocycles. The molecule has 5 rings (SSSR count). The molecule has 8 atom stereocenters. The minimum atomic E-state index is -2.65. The summed E-state index contributed by atoms with van der Waals surface area (Å²) in [7, 11) is 0. The van der Waals surface area contributed by atoms with E-state index in [0.29, 0.717) is 16.5 Å². The third-order valence-electron chi connectivity index (χ3n) is 10.5. The molecule has 0 aromatic rings. The molecule has 0 aromatic heterocycles. The van der Waals surface area contributed by atoms with E-state index in [0.717, 1.165) is 12.8 Å². The van der Waals surface area contributed by atoms with Crippen molar-refractivity contribution >= 4 is 24.3 Å². The summed E-state index contributed by atoms with van der Waals surface area (Å²) in [5, 5.41) is 11.9. The quantitative estimate of drug-likeness (QED) is 0.246. The standard InChI is InChI=1S/C15H21O4.3C4H9.Sn/c1-8-10-3-4-14-5-6-15(17,18-7-14)9(2)11(14)12(10)19-13(8)16;3*1-3-4-2;/h5,8-12,17H,3-4,6-7H2,1-2H3;3*1,3-4H2,2H3;/t8-,9-,10?,11+,12-,14-,15?;;;;/m0..../s1. The zero-order valence-corrected chi connectivity index (χ0v) is 24.2. The first kappa shape index (κ1) is 25.3. The van der Waals surface area contributed by atoms with Gasteiger partial charge in [-0.2, -0.15) is 0 Å². The summed E-state index contributed by atoms with van der Waals surface area (Å²) >= 11 is -2.65. The fraction of sp³-hybridized carbons (Fsp3) is 0.963. The molecule has 5 heteroatoms. The van der Waals surface area contributed by atoms with E-state index in [1.165, 1.54) is 58.3 Å². The van der Waals surface area contributed by atoms with Crippen LogP contribution in [0.25, 0.3) is 0 Å². The van der Waals surface area contributed by atoms with Crippen LogP contribution in [0.3, 0.4) is 0 Å². The van der Waals surface area contributed by atoms with Gasteiger partial charge in [0.2, 0.25) is 0 Å². The number of esters is 1. The summed E-state index contributed by atoms with van der Waals surface area (Å²) in [5.74, 6) is -0.375. The number of fused-ring (bicyclic) bond motifs is 3. The van der Waals surface area contributed by atoms with Gasteiger partial charge in [-0.25, -0.2) is 0 Å². The van der Waals surface area contributed by atoms with E-state index in [1.54, 1.807) is 0 Å². The van der Waals surface area contributed by atoms with Gasteiger partial charge in [-0.15, -0.1) is 0 Å². The van der Waals surface area contributed by atoms with Crippen LogP contribution in [0.15, 0.2) is 0 Å². The molecule has 1 N–H and O–H groups in total. The molecule has 0 aromatic carbocycles. The Morgan fingerprint density at radius 1 is 1.03 bits per heavy atom. The molecule has 5 fully saturated rings. The summed E-state index contributed by atoms with van der Waals surface area (Å²) in [4.78, 5) is 12.6. The van der Waals surface area contributed by atoms with Crippen LogP contribution >= 0.6 is 0 Å². The third-order valence-corrected chi connectivity index (χ3v) is 28.5. The Morgan fingerprint density at radius 2 is 1.62 bits per heavy atom. The van der Waals surface area contributed by atoms with Gasteiger partial charge in [0.25, 0.3) is 0 Å². The zero-order valence-electron chi connectivity index (χ0n) is 21.3. The van der Waals surface area contributed by atoms with Crippen LogP contribution in [-0.2, 0) is 14.3 Å². The van der Waals surface area contributed by atoms with Crippen LogP contribution in [-0.4, -0.2) is 48.0 Å². The van der Waals surface area contributed by atoms with Crippen LogP contribution in [0.2, 0.25) is 17.2 Å². The van der Waals surface area contributed by atoms with Gasteiger partial charge in [-0.3, -0.25) is 0 Å². The first-order chi connectivity index (χ1) is 15.3. The first-order valence-electron chi connectivity index (χ1n) is 13.9. The molecule has 2 aliphatic carbocycles. The fourth-order valence-corrected chi connectivity index (χ4v) is 29.6. The van der Waals surface area contributed by atoms with Crippen molar-refractivity contribution in [2.45, 2.75) is 122 Å². The monoisotopic (exact) mass is 556 g/mol. The van der Waals surface area contributed by atoms with Crippen molar-refractivity contribution in [3.05, 3.63) is 0 Å². The molecule has 184 valence electrons. The van der Waals surface area contributed by atoms with Crippen LogP contribution in [0.5, 0.6) is 0 Å². The molecule has 32 heavy (non-hydrogen) atoms. The number of hydrogen-bond acceptors (Lipinski definition) is 4. The number of hydrogen-bond donors (Lipinski definition) is 1. The Morgan fingerprint density at radius 3 is 2.19 bits per heavy atom. The maximum atomic E-state index is 12.6. The average Bonchev–Trinajstić information content (AvgIpc) is 3.08. The van der Waals surface area contributed by atoms with Crippen molar-refractivity contribution < 1.29 is 19.4 Å². The molecule has 4 nitrogen and oxygen atoms in total. The Bertz CT molecular complexity index is 661. The van der Waals surface area contributed by atoms with Gasteiger partial charge in [0.1, 0.15) is 0 Å². The Labute approximate surface area is 200 Å². The second-order valence-corrected chi connectivity index (χ2v) is 26.1. The molecule has 0 radical (unpaired) electrons. The van der Waals surface area contributed by atoms with Gasteiger partial charge in [0.15, 0.2) is 0 Å². The molecule has 3 saturated heterocycles. The number of carbonyl (C=O) groups excluding carboxylic acids is 1. The Kier molecular flexibility index (Phi) is 7.65. The van der Waals surface area contributed by atoms with Crippen molar-refractivity contribution in [2.75, 3.05) is 6.61 Å². The van der Waals surface area contributed by atoms with E-state index in [2.05, 4.69) is 34.6 Å². The second kappa shape index (κ2) is 9.68. The molecule has 1 spiro atoms. The molecule has 2 bridgehead atoms. The molecule has 3 aliphatic heterocycles. The minimum absolute atomic E-state index is 0.00659. The van der Waals surface area contributed by atoms with Crippen LogP contribution < -0.4 is 0 Å². The molecule has 5 aliphatic rings. The molecule has 2 unspecified atom stereocenters. The van der Waals surface area contributed by atoms with Crippen LogP contribution in [0.1, 0.15) is 92.4 Å². The zero-order chi connectivity index (χ0) is 23.1. The molecule has 3 heterocycles. The average molecular weight is 555 g/mol. The molecular formula is C27H48O4Sn. The summed E-state index contributed by atoms with van der Waals surface area (Å²) in [6.07, 6.45) is 11.0. The predicted molar refractivity (Wildman–Crippen MR) is 131 cm³/mol. The van der Waals surface area contributed by atoms with Gasteiger partial charge in [-0.1, -0.05) is 0 Å². The summed E-state index contributed by atoms with van der Waals surface area (Å²) in [6.45, 7) is 12.0. The Balaban J connectivity index is 1.77. The third kappa shape index (κ3) is 3.90. The van der Waals surface area contributed by atoms with Crippen molar-refractivity contribution in [1.82, 2.24) is 0 Å². The van der Waals surface area contributed by atoms with E-state index in [4.69, 9.17) is 9.47 Å². The maximum absolute atomic E-state index is 12.6. The summed E-state index contributed by atoms with van der Waals surface area (Å²) < 4.78 is 17.5. The van der Waals surface area contributed by atoms with Crippen molar-refractivity contribution in [3.8, 4) is 0 Å². The van der Waals surface area contributed by atoms with Gasteiger partial charge in [-0.05, 0) is 0 Å². The Hall–Kier alpha value is 0.189. The predicted octanol–water partition coefficient (Wildman–Crippen LogP) is 6.54. The summed E-state index contributed by atoms with van der Waals surface area (Å²) in [5.41, 5.74) is 0.126. The van der Waals surface area contributed by atoms with Gasteiger partial charge < -0.3 is 0 Å². The van der Waals surface area contributed by atoms with E-state index in [9.17, 15) is 9.90 Å². The number of unbranched alkanes of at least 4 members (excludes halogenated alkanes) is 3. The SMILES string of the molecule is CCC[CH2][Sn]([CH2]CCC)([CH2]CCC)[C@H]1CC2(O)OC[C@]13CCC1[C@H](C)C(=O)O[C@@H]1[C@H]3[C@@H]2C. The summed E-state index contributed by atoms with van der Waals surface area (Å²) in [6, 6.07) is 0. The second-order valence-electron chi connectivity index (χ2n) is 12.0. The molecular weight excluding hydrogens is 507 g/mol. The van der Waals surface area contributed by atoms with Gasteiger partial charge in [0, 0.05) is 0 Å². The van der Waals surface area contributed by atoms with Gasteiger partial charge in [0.05, 0.1) is 0 Å². The number of rotatable bonds is 10. The van der Waals surface area contributed by atoms with Crippen LogP contribution in [0.4, 0.5) is 0 Å². The number of aliphatic hydroxyl groups is 1. The van der Waals surface area contributed by atoms with Gasteiger partial charge >= 0.3 is 201 Å². The van der Waals surface area contributed by atoms with Crippen molar-refractivity contribution in [1.29, 1.82) is 0 Å². The number of carbonyl (C=O) groups is 1. The first-order valence-corrected chi connectivity index (χ1v) is 21.6. The van der Waals surface area contributed by atoms with Crippen LogP contribution in [0, 0.1) is 29.1 Å². The van der Waals surface area contributed by atoms with E-state index in [-0.39, 0.29) is 35.2 Å². The number of ether oxygens (including phenoxy) is 2. The normalized spacial score (nSPS) is 43.1. The van der Waals surface area contributed by atoms with Crippen molar-refractivity contribution in [3.63, 3.8) is 0 Å². The topological polar surface area (TPSA) is 55.8 Å². The van der Waals surface area contributed by atoms with Crippen molar-refractivity contribution in [2.24, 2.45) is 29.1 Å². The van der Waals surface area contributed by atoms with E-state index in [1.807, 2.05) is 0 Å².